The van der Waals surface area contributed by atoms with Gasteiger partial charge >= 0.3 is 12.4 Å². The molecule has 15 aromatic heterocycles. The first-order valence-electron chi connectivity index (χ1n) is 41.0. The number of hydrogen-bond donors (Lipinski definition) is 8. The van der Waals surface area contributed by atoms with Crippen molar-refractivity contribution in [3.63, 3.8) is 0 Å². The molecular weight excluding hydrogens is 1740 g/mol. The number of rotatable bonds is 16. The third-order valence-electron chi connectivity index (χ3n) is 22.9. The maximum Gasteiger partial charge on any atom is 0.413 e. The van der Waals surface area contributed by atoms with E-state index in [1.54, 1.807) is 85.0 Å². The highest BCUT2D eigenvalue weighted by molar-refractivity contribution is 5.94. The molecule has 5 fully saturated rings. The van der Waals surface area contributed by atoms with Crippen LogP contribution in [0.4, 0.5) is 73.0 Å². The number of halogens is 10. The number of alkyl halides is 10. The van der Waals surface area contributed by atoms with Crippen molar-refractivity contribution in [2.24, 2.45) is 0 Å². The van der Waals surface area contributed by atoms with Gasteiger partial charge in [-0.15, -0.1) is 25.5 Å². The molecule has 49 heteroatoms. The molecule has 5 saturated carbocycles. The first-order chi connectivity index (χ1) is 62.5. The number of pyridine rings is 5. The lowest BCUT2D eigenvalue weighted by Gasteiger charge is -2.42. The molecule has 39 nitrogen and oxygen atoms in total. The Hall–Kier alpha value is -14.5. The molecule has 6 atom stereocenters. The number of nitrogen functional groups attached to an aromatic ring is 5. The number of aromatic nitrogens is 25. The highest BCUT2D eigenvalue weighted by Crippen LogP contribution is 2.58. The second kappa shape index (κ2) is 35.8. The maximum absolute atomic E-state index is 14.6. The van der Waals surface area contributed by atoms with Gasteiger partial charge < -0.3 is 72.4 Å². The summed E-state index contributed by atoms with van der Waals surface area (Å²) in [5.41, 5.74) is 29.9. The fourth-order valence-electron chi connectivity index (χ4n) is 15.8. The van der Waals surface area contributed by atoms with Crippen molar-refractivity contribution in [3.8, 4) is 64.5 Å². The molecule has 5 aliphatic carbocycles. The van der Waals surface area contributed by atoms with Gasteiger partial charge in [0, 0.05) is 74.2 Å². The van der Waals surface area contributed by atoms with E-state index in [0.717, 1.165) is 81.0 Å². The fraction of sp³-hybridized carbons (Fsp3) is 0.390. The molecule has 20 rings (SSSR count). The van der Waals surface area contributed by atoms with Crippen molar-refractivity contribution in [2.45, 2.75) is 196 Å². The van der Waals surface area contributed by atoms with Crippen LogP contribution in [-0.2, 0) is 11.1 Å². The Bertz CT molecular complexity index is 6690. The Morgan fingerprint density at radius 3 is 1.04 bits per heavy atom. The van der Waals surface area contributed by atoms with E-state index < -0.39 is 65.7 Å². The lowest BCUT2D eigenvalue weighted by atomic mass is 9.76. The SMILES string of the molecule is COc1ccnc(Oc2nn(C3CCCCC3O)c3ncnc(N)c23)c1.Cc1ccnc(Oc2nn(C3(C(F)(F)F)CC3)c3ncnc(N)c23)c1.Cc1ccnc(Oc2nn(C3(C(F)(F)F)CCC3)c3ncnc(N)c23)c1.Cc1ccnc(Oc2nn(C3C(O)CCCC3(F)F)c3ncnc(N)c23)c1.Cc1ccnc(Oc2nn(C3CCCC(F)(F)C3O)c3ncnc(N)c23)c1. The minimum absolute atomic E-state index is 0.000510. The molecule has 0 amide bonds. The lowest BCUT2D eigenvalue weighted by Crippen LogP contribution is -2.53. The van der Waals surface area contributed by atoms with Crippen LogP contribution in [-0.4, -0.2) is 189 Å². The number of aliphatic hydroxyl groups excluding tert-OH is 3. The van der Waals surface area contributed by atoms with Gasteiger partial charge in [-0.3, -0.25) is 0 Å². The van der Waals surface area contributed by atoms with E-state index in [-0.39, 0.29) is 185 Å². The van der Waals surface area contributed by atoms with Crippen LogP contribution in [0.15, 0.2) is 123 Å². The number of anilines is 5. The van der Waals surface area contributed by atoms with Crippen LogP contribution in [0, 0.1) is 27.7 Å². The quantitative estimate of drug-likeness (QED) is 0.0416. The molecular formula is C82H84F10N30O9. The minimum atomic E-state index is -4.47. The molecule has 131 heavy (non-hydrogen) atoms. The van der Waals surface area contributed by atoms with Crippen molar-refractivity contribution in [1.29, 1.82) is 0 Å². The molecule has 13 N–H and O–H groups in total. The van der Waals surface area contributed by atoms with Crippen LogP contribution >= 0.6 is 0 Å². The number of hydrogen-bond acceptors (Lipinski definition) is 34. The summed E-state index contributed by atoms with van der Waals surface area (Å²) in [6, 6.07) is 14.5. The summed E-state index contributed by atoms with van der Waals surface area (Å²) in [5, 5.41) is 53.3. The number of aliphatic hydroxyl groups is 3. The smallest absolute Gasteiger partial charge is 0.413 e. The van der Waals surface area contributed by atoms with Crippen LogP contribution in [0.2, 0.25) is 0 Å². The molecule has 0 aromatic carbocycles. The first kappa shape index (κ1) is 89.9. The van der Waals surface area contributed by atoms with Crippen molar-refractivity contribution in [3.05, 3.63) is 146 Å². The Balaban J connectivity index is 0.000000120. The van der Waals surface area contributed by atoms with Gasteiger partial charge in [0.15, 0.2) is 39.3 Å². The normalized spacial score (nSPS) is 19.5. The highest BCUT2D eigenvalue weighted by Gasteiger charge is 2.67. The van der Waals surface area contributed by atoms with E-state index in [1.807, 2.05) is 33.8 Å². The summed E-state index contributed by atoms with van der Waals surface area (Å²) in [6.07, 6.45) is 5.36. The number of aryl methyl sites for hydroxylation is 4. The van der Waals surface area contributed by atoms with E-state index in [0.29, 0.717) is 40.9 Å². The third-order valence-corrected chi connectivity index (χ3v) is 22.9. The number of nitrogens with zero attached hydrogens (tertiary/aromatic N) is 25. The standard InChI is InChI=1S/2C17H18F2N6O2.C17H20N6O3.C16H15F3N6O.C15H13F3N6O/c1-9-4-6-21-11(7-9)27-16-12-14(20)22-8-23-15(12)25(24-16)13-10(26)3-2-5-17(13,18)19;1-9-4-6-21-11(7-9)27-16-12-14(20)22-8-23-15(12)25(24-16)10-3-2-5-17(18,19)13(10)26;1-25-10-6-7-19-13(8-10)26-17-14-15(18)20-9-21-16(14)23(22-17)11-4-2-3-5-12(11)24;1-9-3-6-21-10(7-9)26-14-11-12(20)22-8-23-13(11)25(24-14)15(4-2-5-15)16(17,18)19;1-8-2-5-20-9(6-8)25-13-10-11(19)21-7-22-12(10)24(23-13)14(3-4-14)15(16,17)18/h2*4,6-8,10,13,26H,2-3,5H2,1H3,(H2,20,22,23);6-9,11-12,24H,2-5H2,1H3,(H2,18,20,21);3,6-8H,2,4-5H2,1H3,(H2,20,22,23);2,5-7H,3-4H2,1H3,(H2,19,21,22). The van der Waals surface area contributed by atoms with Gasteiger partial charge in [-0.05, 0) is 151 Å². The van der Waals surface area contributed by atoms with Crippen LogP contribution in [0.25, 0.3) is 55.2 Å². The zero-order valence-electron chi connectivity index (χ0n) is 70.3. The van der Waals surface area contributed by atoms with Crippen LogP contribution in [0.1, 0.15) is 137 Å². The van der Waals surface area contributed by atoms with E-state index >= 15 is 0 Å². The van der Waals surface area contributed by atoms with Crippen LogP contribution in [0.3, 0.4) is 0 Å². The summed E-state index contributed by atoms with van der Waals surface area (Å²) in [4.78, 5) is 60.5. The summed E-state index contributed by atoms with van der Waals surface area (Å²) < 4.78 is 178. The first-order valence-corrected chi connectivity index (χ1v) is 41.0. The number of ether oxygens (including phenoxy) is 6. The zero-order chi connectivity index (χ0) is 92.8. The van der Waals surface area contributed by atoms with Crippen LogP contribution in [0.5, 0.6) is 64.5 Å². The minimum Gasteiger partial charge on any atom is -0.497 e. The monoisotopic (exact) mass is 1820 g/mol. The Kier molecular flexibility index (Phi) is 24.6. The summed E-state index contributed by atoms with van der Waals surface area (Å²) in [5.74, 6) is -3.97. The molecule has 15 aromatic rings. The van der Waals surface area contributed by atoms with Gasteiger partial charge in [0.05, 0.1) is 31.4 Å². The highest BCUT2D eigenvalue weighted by atomic mass is 19.4. The van der Waals surface area contributed by atoms with Gasteiger partial charge in [-0.2, -0.15) is 26.3 Å². The van der Waals surface area contributed by atoms with E-state index in [2.05, 4.69) is 100 Å². The second-order valence-corrected chi connectivity index (χ2v) is 31.9. The largest absolute Gasteiger partial charge is 0.497 e. The van der Waals surface area contributed by atoms with Gasteiger partial charge in [-0.1, -0.05) is 12.8 Å². The number of methoxy groups -OCH3 is 1. The predicted octanol–water partition coefficient (Wildman–Crippen LogP) is 13.6. The molecule has 0 spiro atoms. The molecule has 0 saturated heterocycles. The number of nitrogens with two attached hydrogens (primary N) is 5. The second-order valence-electron chi connectivity index (χ2n) is 31.9. The van der Waals surface area contributed by atoms with Crippen molar-refractivity contribution in [1.82, 2.24) is 124 Å². The third kappa shape index (κ3) is 18.0. The van der Waals surface area contributed by atoms with Gasteiger partial charge in [0.25, 0.3) is 41.2 Å². The molecule has 5 aliphatic rings. The molecule has 0 aliphatic heterocycles. The van der Waals surface area contributed by atoms with E-state index in [9.17, 15) is 59.2 Å². The van der Waals surface area contributed by atoms with E-state index in [4.69, 9.17) is 57.1 Å². The van der Waals surface area contributed by atoms with E-state index in [1.165, 1.54) is 29.7 Å². The van der Waals surface area contributed by atoms with Gasteiger partial charge in [-0.25, -0.2) is 116 Å². The molecule has 0 bridgehead atoms. The Morgan fingerprint density at radius 2 is 0.672 bits per heavy atom. The fourth-order valence-corrected chi connectivity index (χ4v) is 15.8. The summed E-state index contributed by atoms with van der Waals surface area (Å²) in [6.45, 7) is 7.42. The topological polar surface area (TPSA) is 529 Å². The average Bonchev–Trinajstić information content (AvgIpc) is 1.52. The average molecular weight is 1820 g/mol. The lowest BCUT2D eigenvalue weighted by molar-refractivity contribution is -0.242. The molecule has 15 heterocycles. The Morgan fingerprint density at radius 1 is 0.351 bits per heavy atom. The summed E-state index contributed by atoms with van der Waals surface area (Å²) >= 11 is 0. The van der Waals surface area contributed by atoms with Gasteiger partial charge in [0.1, 0.15) is 106 Å². The molecule has 686 valence electrons. The van der Waals surface area contributed by atoms with Crippen LogP contribution < -0.4 is 57.1 Å². The number of fused-ring (bicyclic) bond motifs is 5. The molecule has 6 unspecified atom stereocenters. The maximum atomic E-state index is 14.6. The zero-order valence-corrected chi connectivity index (χ0v) is 70.3. The van der Waals surface area contributed by atoms with Crippen molar-refractivity contribution in [2.75, 3.05) is 35.8 Å². The summed E-state index contributed by atoms with van der Waals surface area (Å²) in [7, 11) is 1.57. The predicted molar refractivity (Wildman–Crippen MR) is 448 cm³/mol. The van der Waals surface area contributed by atoms with Gasteiger partial charge in [0.2, 0.25) is 29.4 Å². The molecule has 0 radical (unpaired) electrons. The van der Waals surface area contributed by atoms with Crippen molar-refractivity contribution < 1.29 is 87.6 Å². The van der Waals surface area contributed by atoms with Crippen molar-refractivity contribution >= 4 is 84.3 Å². The Labute approximate surface area is 734 Å².